The van der Waals surface area contributed by atoms with Crippen LogP contribution in [0.5, 0.6) is 0 Å². The lowest BCUT2D eigenvalue weighted by molar-refractivity contribution is 0.0934. The van der Waals surface area contributed by atoms with E-state index in [4.69, 9.17) is 1.37 Å². The third kappa shape index (κ3) is 1.64. The van der Waals surface area contributed by atoms with E-state index in [1.807, 2.05) is 53.4 Å². The second-order valence-electron chi connectivity index (χ2n) is 4.23. The summed E-state index contributed by atoms with van der Waals surface area (Å²) >= 11 is 0. The Morgan fingerprint density at radius 1 is 1.11 bits per heavy atom. The Labute approximate surface area is 107 Å². The molecule has 0 saturated heterocycles. The van der Waals surface area contributed by atoms with E-state index in [-0.39, 0.29) is 5.91 Å². The van der Waals surface area contributed by atoms with Crippen LogP contribution in [-0.4, -0.2) is 12.0 Å². The monoisotopic (exact) mass is 239 g/mol. The number of para-hydroxylation sites is 2. The number of fused-ring (bicyclic) bond motifs is 1. The van der Waals surface area contributed by atoms with E-state index in [9.17, 15) is 4.79 Å². The van der Waals surface area contributed by atoms with Crippen molar-refractivity contribution in [1.29, 1.82) is 0 Å². The zero-order valence-electron chi connectivity index (χ0n) is 11.1. The van der Waals surface area contributed by atoms with Crippen molar-refractivity contribution in [3.63, 3.8) is 0 Å². The Hall–Kier alpha value is -2.29. The molecule has 90 valence electrons. The van der Waals surface area contributed by atoms with Gasteiger partial charge in [-0.1, -0.05) is 30.3 Å². The van der Waals surface area contributed by atoms with Crippen LogP contribution in [-0.2, 0) is 0 Å². The number of nitrogens with one attached hydrogen (secondary N) is 1. The summed E-state index contributed by atoms with van der Waals surface area (Å²) < 4.78 is 8.38. The summed E-state index contributed by atoms with van der Waals surface area (Å²) in [6.45, 7) is 1.67. The quantitative estimate of drug-likeness (QED) is 0.829. The minimum Gasteiger partial charge on any atom is -0.332 e. The van der Waals surface area contributed by atoms with Gasteiger partial charge in [0.15, 0.2) is 0 Å². The third-order valence-electron chi connectivity index (χ3n) is 3.03. The van der Waals surface area contributed by atoms with Gasteiger partial charge in [-0.15, -0.1) is 0 Å². The van der Waals surface area contributed by atoms with Gasteiger partial charge in [-0.2, -0.15) is 0 Å². The van der Waals surface area contributed by atoms with Crippen molar-refractivity contribution in [3.8, 4) is 0 Å². The van der Waals surface area contributed by atoms with Crippen molar-refractivity contribution >= 4 is 17.3 Å². The largest absolute Gasteiger partial charge is 0.332 e. The molecule has 18 heavy (non-hydrogen) atoms. The summed E-state index contributed by atoms with van der Waals surface area (Å²) in [5.74, 6) is -0.208. The minimum absolute atomic E-state index is 0.208. The molecule has 0 radical (unpaired) electrons. The molecule has 0 aromatic heterocycles. The van der Waals surface area contributed by atoms with E-state index in [0.717, 1.165) is 11.4 Å². The highest BCUT2D eigenvalue weighted by Gasteiger charge is 2.28. The van der Waals surface area contributed by atoms with E-state index in [1.165, 1.54) is 0 Å². The number of benzene rings is 2. The standard InChI is InChI=1S/C15H14N2O/c1-11-16-15(18)13-9-5-6-10-14(13)17(11)12-7-3-2-4-8-12/h2-11H,1H3,(H,16,18)/i11D. The van der Waals surface area contributed by atoms with Gasteiger partial charge < -0.3 is 10.2 Å². The molecule has 3 heteroatoms. The van der Waals surface area contributed by atoms with Gasteiger partial charge >= 0.3 is 0 Å². The zero-order valence-corrected chi connectivity index (χ0v) is 10.1. The van der Waals surface area contributed by atoms with Crippen molar-refractivity contribution < 1.29 is 6.17 Å². The Morgan fingerprint density at radius 2 is 1.78 bits per heavy atom. The summed E-state index contributed by atoms with van der Waals surface area (Å²) in [6.07, 6.45) is -1.20. The topological polar surface area (TPSA) is 32.3 Å². The fourth-order valence-electron chi connectivity index (χ4n) is 2.24. The van der Waals surface area contributed by atoms with Crippen LogP contribution in [0.4, 0.5) is 11.4 Å². The SMILES string of the molecule is [2H]C1(C)NC(=O)c2ccccc2N1c1ccccc1. The van der Waals surface area contributed by atoms with Crippen molar-refractivity contribution in [2.45, 2.75) is 13.1 Å². The smallest absolute Gasteiger partial charge is 0.254 e. The first-order valence-electron chi connectivity index (χ1n) is 6.36. The number of amides is 1. The summed E-state index contributed by atoms with van der Waals surface area (Å²) in [5, 5.41) is 2.71. The van der Waals surface area contributed by atoms with Gasteiger partial charge in [-0.3, -0.25) is 4.79 Å². The van der Waals surface area contributed by atoms with Crippen molar-refractivity contribution in [3.05, 3.63) is 60.2 Å². The Kier molecular flexibility index (Phi) is 2.26. The molecule has 1 atom stereocenters. The number of hydrogen-bond acceptors (Lipinski definition) is 2. The lowest BCUT2D eigenvalue weighted by Crippen LogP contribution is -2.48. The number of nitrogens with zero attached hydrogens (tertiary/aromatic N) is 1. The van der Waals surface area contributed by atoms with E-state index in [0.29, 0.717) is 5.56 Å². The number of rotatable bonds is 1. The number of anilines is 2. The second-order valence-corrected chi connectivity index (χ2v) is 4.23. The van der Waals surface area contributed by atoms with Gasteiger partial charge in [0, 0.05) is 5.69 Å². The molecule has 1 unspecified atom stereocenters. The summed E-state index contributed by atoms with van der Waals surface area (Å²) in [6, 6.07) is 17.0. The highest BCUT2D eigenvalue weighted by molar-refractivity contribution is 6.03. The van der Waals surface area contributed by atoms with Crippen molar-refractivity contribution in [2.24, 2.45) is 0 Å². The lowest BCUT2D eigenvalue weighted by atomic mass is 10.1. The Bertz CT molecular complexity index is 625. The van der Waals surface area contributed by atoms with Crippen LogP contribution < -0.4 is 10.2 Å². The van der Waals surface area contributed by atoms with Crippen LogP contribution >= 0.6 is 0 Å². The minimum atomic E-state index is -1.20. The molecular weight excluding hydrogens is 224 g/mol. The van der Waals surface area contributed by atoms with Crippen LogP contribution in [0.3, 0.4) is 0 Å². The average Bonchev–Trinajstić information content (AvgIpc) is 2.39. The molecule has 1 aliphatic heterocycles. The number of hydrogen-bond donors (Lipinski definition) is 1. The molecule has 2 aromatic rings. The van der Waals surface area contributed by atoms with Gasteiger partial charge in [0.1, 0.15) is 6.14 Å². The second kappa shape index (κ2) is 4.18. The molecule has 1 amide bonds. The molecule has 1 heterocycles. The molecule has 1 aliphatic rings. The molecule has 0 saturated carbocycles. The predicted octanol–water partition coefficient (Wildman–Crippen LogP) is 2.91. The highest BCUT2D eigenvalue weighted by atomic mass is 16.2. The molecular formula is C15H14N2O. The molecule has 0 fully saturated rings. The summed E-state index contributed by atoms with van der Waals surface area (Å²) in [5.41, 5.74) is 2.23. The first-order valence-corrected chi connectivity index (χ1v) is 5.86. The predicted molar refractivity (Wildman–Crippen MR) is 72.0 cm³/mol. The zero-order chi connectivity index (χ0) is 13.5. The van der Waals surface area contributed by atoms with Gasteiger partial charge in [0.25, 0.3) is 5.91 Å². The van der Waals surface area contributed by atoms with E-state index >= 15 is 0 Å². The third-order valence-corrected chi connectivity index (χ3v) is 3.03. The van der Waals surface area contributed by atoms with E-state index in [1.54, 1.807) is 13.0 Å². The molecule has 1 N–H and O–H groups in total. The molecule has 0 spiro atoms. The van der Waals surface area contributed by atoms with Crippen molar-refractivity contribution in [2.75, 3.05) is 4.90 Å². The first-order chi connectivity index (χ1) is 9.09. The molecule has 0 aliphatic carbocycles. The fourth-order valence-corrected chi connectivity index (χ4v) is 2.24. The normalized spacial score (nSPS) is 23.1. The maximum atomic E-state index is 12.0. The van der Waals surface area contributed by atoms with Crippen LogP contribution in [0.1, 0.15) is 18.7 Å². The van der Waals surface area contributed by atoms with E-state index in [2.05, 4.69) is 5.32 Å². The Morgan fingerprint density at radius 3 is 2.56 bits per heavy atom. The van der Waals surface area contributed by atoms with Crippen LogP contribution in [0.2, 0.25) is 0 Å². The number of carbonyl (C=O) groups is 1. The summed E-state index contributed by atoms with van der Waals surface area (Å²) in [7, 11) is 0. The Balaban J connectivity index is 2.21. The number of carbonyl (C=O) groups excluding carboxylic acids is 1. The van der Waals surface area contributed by atoms with Gasteiger partial charge in [-0.25, -0.2) is 0 Å². The van der Waals surface area contributed by atoms with Crippen molar-refractivity contribution in [1.82, 2.24) is 5.32 Å². The lowest BCUT2D eigenvalue weighted by Gasteiger charge is -2.37. The summed E-state index contributed by atoms with van der Waals surface area (Å²) in [4.78, 5) is 13.8. The molecule has 3 rings (SSSR count). The van der Waals surface area contributed by atoms with Crippen LogP contribution in [0.15, 0.2) is 54.6 Å². The van der Waals surface area contributed by atoms with Gasteiger partial charge in [0.05, 0.1) is 12.6 Å². The van der Waals surface area contributed by atoms with Crippen LogP contribution in [0, 0.1) is 0 Å². The molecule has 3 nitrogen and oxygen atoms in total. The molecule has 2 aromatic carbocycles. The first kappa shape index (κ1) is 9.71. The highest BCUT2D eigenvalue weighted by Crippen LogP contribution is 2.32. The maximum Gasteiger partial charge on any atom is 0.254 e. The molecule has 0 bridgehead atoms. The average molecular weight is 239 g/mol. The van der Waals surface area contributed by atoms with Crippen LogP contribution in [0.25, 0.3) is 0 Å². The van der Waals surface area contributed by atoms with Gasteiger partial charge in [-0.05, 0) is 31.2 Å². The fraction of sp³-hybridized carbons (Fsp3) is 0.133. The van der Waals surface area contributed by atoms with E-state index < -0.39 is 6.14 Å². The maximum absolute atomic E-state index is 12.0. The van der Waals surface area contributed by atoms with Gasteiger partial charge in [0.2, 0.25) is 0 Å².